The minimum atomic E-state index is 0.402. The zero-order valence-corrected chi connectivity index (χ0v) is 42.2. The summed E-state index contributed by atoms with van der Waals surface area (Å²) in [5.41, 5.74) is 12.6. The molecule has 0 unspecified atom stereocenters. The number of aromatic nitrogens is 4. The van der Waals surface area contributed by atoms with Gasteiger partial charge in [-0.15, -0.1) is 22.7 Å². The molecule has 0 radical (unpaired) electrons. The van der Waals surface area contributed by atoms with Gasteiger partial charge in [-0.1, -0.05) is 146 Å². The summed E-state index contributed by atoms with van der Waals surface area (Å²) in [6, 6.07) is 75.3. The van der Waals surface area contributed by atoms with Crippen LogP contribution in [0.2, 0.25) is 0 Å². The minimum Gasteiger partial charge on any atom is -0.306 e. The monoisotopic (exact) mass is 1000 g/mol. The molecule has 0 saturated heterocycles. The van der Waals surface area contributed by atoms with Crippen LogP contribution in [0.4, 0.5) is 0 Å². The van der Waals surface area contributed by atoms with E-state index in [4.69, 9.17) is 0 Å². The molecule has 0 spiro atoms. The Kier molecular flexibility index (Phi) is 8.47. The predicted octanol–water partition coefficient (Wildman–Crippen LogP) is 18.4. The first-order chi connectivity index (χ1) is 37.7. The topological polar surface area (TPSA) is 67.3 Å². The number of aryl methyl sites for hydroxylation is 1. The van der Waals surface area contributed by atoms with Crippen LogP contribution >= 0.6 is 22.7 Å². The molecule has 6 heterocycles. The summed E-state index contributed by atoms with van der Waals surface area (Å²) in [6.45, 7) is 0. The molecule has 16 aromatic rings. The molecule has 0 bridgehead atoms. The van der Waals surface area contributed by atoms with Crippen molar-refractivity contribution in [3.05, 3.63) is 223 Å². The van der Waals surface area contributed by atoms with Crippen molar-refractivity contribution in [3.8, 4) is 34.9 Å². The molecule has 8 heteroatoms. The van der Waals surface area contributed by atoms with Crippen molar-refractivity contribution in [2.24, 2.45) is 0 Å². The van der Waals surface area contributed by atoms with Crippen LogP contribution in [0, 0.1) is 22.7 Å². The van der Waals surface area contributed by atoms with Gasteiger partial charge in [0.05, 0.1) is 61.4 Å². The number of rotatable bonds is 4. The highest BCUT2D eigenvalue weighted by atomic mass is 32.1. The molecular weight excluding hydrogens is 965 g/mol. The average molecular weight is 1000 g/mol. The maximum atomic E-state index is 12.7. The van der Waals surface area contributed by atoms with Gasteiger partial charge in [0.25, 0.3) is 0 Å². The van der Waals surface area contributed by atoms with Crippen molar-refractivity contribution in [2.45, 2.75) is 12.8 Å². The Balaban J connectivity index is 1.23. The summed E-state index contributed by atoms with van der Waals surface area (Å²) in [7, 11) is 0. The minimum absolute atomic E-state index is 0.402. The lowest BCUT2D eigenvalue weighted by atomic mass is 9.97. The molecule has 76 heavy (non-hydrogen) atoms. The second-order valence-electron chi connectivity index (χ2n) is 20.0. The molecule has 6 aromatic heterocycles. The van der Waals surface area contributed by atoms with Gasteiger partial charge < -0.3 is 18.3 Å². The maximum Gasteiger partial charge on any atom is 0.104 e. The van der Waals surface area contributed by atoms with E-state index in [1.54, 1.807) is 22.7 Å². The first-order valence-corrected chi connectivity index (χ1v) is 27.3. The Morgan fingerprint density at radius 1 is 0.342 bits per heavy atom. The van der Waals surface area contributed by atoms with Crippen LogP contribution in [0.3, 0.4) is 0 Å². The molecule has 1 aliphatic carbocycles. The van der Waals surface area contributed by atoms with Crippen molar-refractivity contribution in [1.29, 1.82) is 10.5 Å². The summed E-state index contributed by atoms with van der Waals surface area (Å²) in [6.07, 6.45) is 6.32. The van der Waals surface area contributed by atoms with Crippen molar-refractivity contribution in [2.75, 3.05) is 0 Å². The fourth-order valence-electron chi connectivity index (χ4n) is 13.4. The van der Waals surface area contributed by atoms with Crippen molar-refractivity contribution < 1.29 is 0 Å². The van der Waals surface area contributed by atoms with Gasteiger partial charge in [0.2, 0.25) is 0 Å². The molecule has 1 aliphatic rings. The highest BCUT2D eigenvalue weighted by Gasteiger charge is 2.36. The number of benzene rings is 10. The summed E-state index contributed by atoms with van der Waals surface area (Å²) < 4.78 is 14.2. The third kappa shape index (κ3) is 5.31. The molecule has 0 aliphatic heterocycles. The second kappa shape index (κ2) is 15.4. The SMILES string of the molecule is N#Cc1c(-n2c3ccccc3c3ccccc32)c(C#N)c(-n2c3ccccc3c3ccc4sc5ccccc5c4c32)c(-n2c3c(c4ccccc42)CCC=C3)c1-n1c2ccccc2c2ccc3sc4ccccc4c3c21. The Bertz CT molecular complexity index is 5120. The van der Waals surface area contributed by atoms with E-state index in [1.165, 1.54) is 15.0 Å². The van der Waals surface area contributed by atoms with E-state index in [9.17, 15) is 10.5 Å². The van der Waals surface area contributed by atoms with E-state index in [2.05, 4.69) is 237 Å². The van der Waals surface area contributed by atoms with E-state index in [0.29, 0.717) is 28.2 Å². The maximum absolute atomic E-state index is 12.7. The van der Waals surface area contributed by atoms with Crippen LogP contribution < -0.4 is 0 Å². The van der Waals surface area contributed by atoms with Crippen LogP contribution in [-0.4, -0.2) is 18.3 Å². The number of hydrogen-bond donors (Lipinski definition) is 0. The van der Waals surface area contributed by atoms with E-state index < -0.39 is 0 Å². The Morgan fingerprint density at radius 3 is 1.21 bits per heavy atom. The van der Waals surface area contributed by atoms with Crippen LogP contribution in [0.5, 0.6) is 0 Å². The Hall–Kier alpha value is -9.70. The van der Waals surface area contributed by atoms with Crippen LogP contribution in [-0.2, 0) is 6.42 Å². The van der Waals surface area contributed by atoms with Crippen LogP contribution in [0.1, 0.15) is 28.8 Å². The molecule has 0 amide bonds. The molecule has 0 saturated carbocycles. The lowest BCUT2D eigenvalue weighted by molar-refractivity contribution is 0.950. The van der Waals surface area contributed by atoms with Crippen LogP contribution in [0.25, 0.3) is 145 Å². The summed E-state index contributed by atoms with van der Waals surface area (Å²) >= 11 is 3.59. The van der Waals surface area contributed by atoms with Gasteiger partial charge in [0.15, 0.2) is 0 Å². The van der Waals surface area contributed by atoms with Gasteiger partial charge in [-0.2, -0.15) is 10.5 Å². The standard InChI is InChI=1S/C68H38N6S2/c69-37-49-63(71-51-25-9-1-17-39(51)40-18-2-10-26-52(40)71)50(38-70)67(74-56-30-14-6-22-44(56)46-34-36-60-62(65(46)74)48-24-8-16-32-58(48)76-60)68(72-53-27-11-3-19-41(53)42-20-4-12-28-54(42)72)66(49)73-55-29-13-5-21-43(55)45-33-35-59-61(64(45)73)47-23-7-15-31-57(47)75-59/h1-3,5-19,21-36H,4,20H2. The quantitative estimate of drug-likeness (QED) is 0.176. The van der Waals surface area contributed by atoms with E-state index in [0.717, 1.165) is 131 Å². The number of fused-ring (bicyclic) bond motifs is 20. The van der Waals surface area contributed by atoms with Crippen LogP contribution in [0.15, 0.2) is 200 Å². The van der Waals surface area contributed by atoms with Gasteiger partial charge in [-0.3, -0.25) is 0 Å². The summed E-state index contributed by atoms with van der Waals surface area (Å²) in [4.78, 5) is 0. The zero-order chi connectivity index (χ0) is 49.9. The predicted molar refractivity (Wildman–Crippen MR) is 319 cm³/mol. The zero-order valence-electron chi connectivity index (χ0n) is 40.5. The number of hydrogen-bond acceptors (Lipinski definition) is 4. The average Bonchev–Trinajstić information content (AvgIpc) is 4.33. The molecule has 10 aromatic carbocycles. The fraction of sp³-hybridized carbons (Fsp3) is 0.0294. The van der Waals surface area contributed by atoms with Gasteiger partial charge in [-0.05, 0) is 79.1 Å². The molecule has 17 rings (SSSR count). The summed E-state index contributed by atoms with van der Waals surface area (Å²) in [5, 5.41) is 37.6. The summed E-state index contributed by atoms with van der Waals surface area (Å²) in [5.74, 6) is 0. The van der Waals surface area contributed by atoms with E-state index in [1.807, 2.05) is 0 Å². The first-order valence-electron chi connectivity index (χ1n) is 25.7. The molecule has 0 fully saturated rings. The smallest absolute Gasteiger partial charge is 0.104 e. The lowest BCUT2D eigenvalue weighted by Crippen LogP contribution is -2.17. The van der Waals surface area contributed by atoms with Gasteiger partial charge in [0, 0.05) is 83.7 Å². The highest BCUT2D eigenvalue weighted by Crippen LogP contribution is 2.52. The second-order valence-corrected chi connectivity index (χ2v) is 22.1. The Morgan fingerprint density at radius 2 is 0.737 bits per heavy atom. The molecule has 6 nitrogen and oxygen atoms in total. The lowest BCUT2D eigenvalue weighted by Gasteiger charge is -2.28. The number of nitrogens with zero attached hydrogens (tertiary/aromatic N) is 6. The highest BCUT2D eigenvalue weighted by molar-refractivity contribution is 7.26. The van der Waals surface area contributed by atoms with Gasteiger partial charge >= 0.3 is 0 Å². The molecule has 0 atom stereocenters. The Labute approximate surface area is 441 Å². The molecular formula is C68H38N6S2. The van der Waals surface area contributed by atoms with Crippen molar-refractivity contribution in [1.82, 2.24) is 18.3 Å². The number of thiophene rings is 2. The largest absolute Gasteiger partial charge is 0.306 e. The van der Waals surface area contributed by atoms with Gasteiger partial charge in [0.1, 0.15) is 23.3 Å². The first kappa shape index (κ1) is 41.7. The van der Waals surface area contributed by atoms with Crippen molar-refractivity contribution >= 4 is 145 Å². The van der Waals surface area contributed by atoms with E-state index in [-0.39, 0.29) is 0 Å². The fourth-order valence-corrected chi connectivity index (χ4v) is 15.6. The molecule has 352 valence electrons. The van der Waals surface area contributed by atoms with Crippen molar-refractivity contribution in [3.63, 3.8) is 0 Å². The third-order valence-electron chi connectivity index (χ3n) is 16.3. The number of allylic oxidation sites excluding steroid dienone is 1. The normalized spacial score (nSPS) is 12.8. The number of para-hydroxylation sites is 5. The number of nitriles is 2. The molecule has 0 N–H and O–H groups in total. The van der Waals surface area contributed by atoms with Gasteiger partial charge in [-0.25, -0.2) is 0 Å². The van der Waals surface area contributed by atoms with E-state index >= 15 is 0 Å². The third-order valence-corrected chi connectivity index (χ3v) is 18.6.